The van der Waals surface area contributed by atoms with E-state index in [1.54, 1.807) is 32.8 Å². The molecule has 16 nitrogen and oxygen atoms in total. The molecule has 3 aliphatic heterocycles. The van der Waals surface area contributed by atoms with Crippen molar-refractivity contribution in [3.05, 3.63) is 30.4 Å². The van der Waals surface area contributed by atoms with Crippen LogP contribution in [0.15, 0.2) is 30.4 Å². The van der Waals surface area contributed by atoms with Gasteiger partial charge in [-0.05, 0) is 96.1 Å². The summed E-state index contributed by atoms with van der Waals surface area (Å²) in [7, 11) is -1.76. The highest BCUT2D eigenvalue weighted by Gasteiger charge is 2.53. The van der Waals surface area contributed by atoms with Crippen LogP contribution in [0.5, 0.6) is 11.6 Å². The van der Waals surface area contributed by atoms with Crippen molar-refractivity contribution in [1.29, 1.82) is 0 Å². The van der Waals surface area contributed by atoms with E-state index in [0.29, 0.717) is 62.9 Å². The van der Waals surface area contributed by atoms with Crippen LogP contribution < -0.4 is 30.1 Å². The fourth-order valence-corrected chi connectivity index (χ4v) is 9.24. The van der Waals surface area contributed by atoms with Gasteiger partial charge < -0.3 is 35.1 Å². The highest BCUT2D eigenvalue weighted by Crippen LogP contribution is 2.45. The fraction of sp³-hybridized carbons (Fsp3) is 0.720. The molecule has 0 spiro atoms. The smallest absolute Gasteiger partial charge is 0.405 e. The van der Waals surface area contributed by atoms with Gasteiger partial charge in [0, 0.05) is 49.7 Å². The van der Waals surface area contributed by atoms with Crippen molar-refractivity contribution in [1.82, 2.24) is 24.9 Å². The number of rotatable bonds is 7. The van der Waals surface area contributed by atoms with Gasteiger partial charge >= 0.3 is 6.09 Å². The van der Waals surface area contributed by atoms with Crippen molar-refractivity contribution >= 4 is 50.7 Å². The van der Waals surface area contributed by atoms with Gasteiger partial charge in [-0.3, -0.25) is 19.1 Å². The Kier molecular flexibility index (Phi) is 29.2. The van der Waals surface area contributed by atoms with Crippen molar-refractivity contribution in [3.8, 4) is 11.6 Å². The number of sulfonamides is 1. The highest BCUT2D eigenvalue weighted by molar-refractivity contribution is 7.91. The summed E-state index contributed by atoms with van der Waals surface area (Å²) >= 11 is 0. The number of aromatic nitrogens is 2. The third-order valence-electron chi connectivity index (χ3n) is 10.8. The molecule has 4 atom stereocenters. The number of amides is 4. The second-order valence-corrected chi connectivity index (χ2v) is 19.2. The number of ether oxygens (including phenoxy) is 3. The average molecular weight is 970 g/mol. The van der Waals surface area contributed by atoms with Gasteiger partial charge in [-0.2, -0.15) is 4.98 Å². The normalized spacial score (nSPS) is 21.4. The molecular formula is C50H95N7O9S. The molecule has 1 aliphatic carbocycles. The topological polar surface area (TPSA) is 212 Å². The zero-order valence-electron chi connectivity index (χ0n) is 44.0. The van der Waals surface area contributed by atoms with E-state index >= 15 is 0 Å². The molecule has 4 aliphatic rings. The van der Waals surface area contributed by atoms with Crippen LogP contribution in [0.3, 0.4) is 0 Å². The quantitative estimate of drug-likeness (QED) is 0.221. The molecule has 4 N–H and O–H groups in total. The summed E-state index contributed by atoms with van der Waals surface area (Å²) in [5.74, 6) is 2.03. The molecule has 2 saturated heterocycles. The Balaban J connectivity index is -0.000000583. The number of nitrogens with one attached hydrogen (secondary N) is 2. The Morgan fingerprint density at radius 2 is 1.57 bits per heavy atom. The molecule has 17 heteroatoms. The molecule has 2 aromatic rings. The van der Waals surface area contributed by atoms with Crippen molar-refractivity contribution in [2.75, 3.05) is 38.2 Å². The summed E-state index contributed by atoms with van der Waals surface area (Å²) in [6, 6.07) is 5.12. The fourth-order valence-electron chi connectivity index (χ4n) is 7.62. The standard InChI is InChI=1S/C30H41N5O4.C7H13NO3S.C5H11NO2.4C2H6.3H2/c1-20-9-5-4-6-12-31-28(37)26-18-23(19-35(26)27(36)16-21(2)15-20)39-29-24-11-10-22(38-3)17-25(24)32-30(33-29)34-13-7-8-14-34;1-3-7(4-5-7)12(10,11)8-6(2)9;1-5(2,3)8-4(6)7;4*1-2;;;/h4,6,10-11,17,20-21,23,26H,5,7-9,12-16,18-19H2,1-3H3,(H,31,37);3-5H2,1-2H3,(H,8,9);1-3H3,(H2,6,7);4*1-2H3;3*1H/b6-4-;;;;;;;;;/t20-,21+,23+,26-;;;;;;;;;/m0........./s1. The first-order chi connectivity index (χ1) is 31.8. The largest absolute Gasteiger partial charge is 0.497 e. The van der Waals surface area contributed by atoms with Crippen LogP contribution in [0.2, 0.25) is 0 Å². The lowest BCUT2D eigenvalue weighted by atomic mass is 9.91. The SMILES string of the molecule is CC.CC.CC.CC.CC(C)(C)OC(N)=O.CCC1(S(=O)(=O)NC(C)=O)CC1.COc1ccc2c(O[C@@H]3C[C@H]4C(=O)NC/C=C\CC[C@H](C)C[C@@H](C)CC(=O)N4C3)nc(N3CCCC3)nc2c1.[HH].[HH].[HH]. The van der Waals surface area contributed by atoms with Crippen molar-refractivity contribution in [2.45, 2.75) is 191 Å². The Bertz CT molecular complexity index is 1950. The van der Waals surface area contributed by atoms with E-state index in [9.17, 15) is 27.6 Å². The van der Waals surface area contributed by atoms with E-state index in [-0.39, 0.29) is 28.1 Å². The van der Waals surface area contributed by atoms with E-state index in [1.807, 2.05) is 91.3 Å². The van der Waals surface area contributed by atoms with Crippen LogP contribution in [-0.2, 0) is 29.1 Å². The zero-order valence-corrected chi connectivity index (χ0v) is 44.9. The molecule has 0 unspecified atom stereocenters. The van der Waals surface area contributed by atoms with Crippen LogP contribution in [0.4, 0.5) is 10.7 Å². The number of fused-ring (bicyclic) bond motifs is 2. The third-order valence-corrected chi connectivity index (χ3v) is 13.2. The maximum atomic E-state index is 13.5. The molecule has 4 amide bonds. The molecule has 0 bridgehead atoms. The Labute approximate surface area is 408 Å². The second-order valence-electron chi connectivity index (χ2n) is 17.1. The van der Waals surface area contributed by atoms with Crippen LogP contribution in [-0.4, -0.2) is 103 Å². The first-order valence-corrected chi connectivity index (χ1v) is 26.3. The lowest BCUT2D eigenvalue weighted by Crippen LogP contribution is -2.46. The maximum absolute atomic E-state index is 13.5. The van der Waals surface area contributed by atoms with E-state index in [2.05, 4.69) is 34.9 Å². The lowest BCUT2D eigenvalue weighted by molar-refractivity contribution is -0.139. The first-order valence-electron chi connectivity index (χ1n) is 24.8. The van der Waals surface area contributed by atoms with Crippen molar-refractivity contribution in [3.63, 3.8) is 0 Å². The molecule has 3 fully saturated rings. The van der Waals surface area contributed by atoms with Gasteiger partial charge in [0.05, 0.1) is 29.3 Å². The number of nitrogens with zero attached hydrogens (tertiary/aromatic N) is 4. The lowest BCUT2D eigenvalue weighted by Gasteiger charge is -2.26. The van der Waals surface area contributed by atoms with Gasteiger partial charge in [-0.1, -0.05) is 88.3 Å². The third kappa shape index (κ3) is 21.0. The Morgan fingerprint density at radius 3 is 2.07 bits per heavy atom. The molecular weight excluding hydrogens is 875 g/mol. The van der Waals surface area contributed by atoms with Gasteiger partial charge in [0.25, 0.3) is 0 Å². The summed E-state index contributed by atoms with van der Waals surface area (Å²) in [6.07, 6.45) is 11.2. The molecule has 4 heterocycles. The molecule has 390 valence electrons. The Morgan fingerprint density at radius 1 is 0.955 bits per heavy atom. The molecule has 67 heavy (non-hydrogen) atoms. The monoisotopic (exact) mass is 970 g/mol. The van der Waals surface area contributed by atoms with E-state index in [1.165, 1.54) is 6.92 Å². The molecule has 6 rings (SSSR count). The molecule has 1 saturated carbocycles. The van der Waals surface area contributed by atoms with Crippen LogP contribution >= 0.6 is 0 Å². The predicted molar refractivity (Wildman–Crippen MR) is 278 cm³/mol. The number of primary amides is 1. The van der Waals surface area contributed by atoms with Crippen LogP contribution in [0.1, 0.15) is 172 Å². The minimum atomic E-state index is -3.40. The first kappa shape index (κ1) is 62.3. The van der Waals surface area contributed by atoms with E-state index in [4.69, 9.17) is 25.2 Å². The Hall–Kier alpha value is -4.67. The van der Waals surface area contributed by atoms with Gasteiger partial charge in [-0.15, -0.1) is 0 Å². The number of hydrogen-bond acceptors (Lipinski definition) is 12. The van der Waals surface area contributed by atoms with Crippen LogP contribution in [0, 0.1) is 11.8 Å². The zero-order chi connectivity index (χ0) is 51.5. The summed E-state index contributed by atoms with van der Waals surface area (Å²) in [5.41, 5.74) is 5.02. The summed E-state index contributed by atoms with van der Waals surface area (Å²) < 4.78 is 40.7. The molecule has 0 radical (unpaired) electrons. The second kappa shape index (κ2) is 31.4. The molecule has 1 aromatic heterocycles. The number of allylic oxidation sites excluding steroid dienone is 1. The van der Waals surface area contributed by atoms with Crippen molar-refractivity contribution < 1.29 is 46.1 Å². The van der Waals surface area contributed by atoms with E-state index < -0.39 is 38.4 Å². The average Bonchev–Trinajstić information content (AvgIpc) is 3.69. The number of benzene rings is 1. The summed E-state index contributed by atoms with van der Waals surface area (Å²) in [4.78, 5) is 60.8. The number of methoxy groups -OCH3 is 1. The van der Waals surface area contributed by atoms with Crippen LogP contribution in [0.25, 0.3) is 10.9 Å². The van der Waals surface area contributed by atoms with Gasteiger partial charge in [0.1, 0.15) is 23.5 Å². The number of anilines is 1. The summed E-state index contributed by atoms with van der Waals surface area (Å²) in [5, 5.41) is 3.79. The number of carbonyl (C=O) groups is 4. The van der Waals surface area contributed by atoms with Crippen molar-refractivity contribution in [2.24, 2.45) is 17.6 Å². The maximum Gasteiger partial charge on any atom is 0.405 e. The number of carbonyl (C=O) groups excluding carboxylic acids is 4. The number of hydrogen-bond donors (Lipinski definition) is 3. The van der Waals surface area contributed by atoms with Gasteiger partial charge in [-0.25, -0.2) is 18.2 Å². The van der Waals surface area contributed by atoms with Gasteiger partial charge in [0.2, 0.25) is 39.6 Å². The highest BCUT2D eigenvalue weighted by atomic mass is 32.2. The minimum absolute atomic E-state index is 0. The minimum Gasteiger partial charge on any atom is -0.497 e. The van der Waals surface area contributed by atoms with Gasteiger partial charge in [0.15, 0.2) is 0 Å². The molecule has 1 aromatic carbocycles. The van der Waals surface area contributed by atoms with E-state index in [0.717, 1.165) is 61.8 Å². The predicted octanol–water partition coefficient (Wildman–Crippen LogP) is 10.2. The summed E-state index contributed by atoms with van der Waals surface area (Å²) in [6.45, 7) is 31.4. The number of nitrogens with two attached hydrogens (primary N) is 1.